The van der Waals surface area contributed by atoms with Crippen LogP contribution in [0.15, 0.2) is 60.7 Å². The lowest BCUT2D eigenvalue weighted by molar-refractivity contribution is -0.147. The first-order valence-corrected chi connectivity index (χ1v) is 14.5. The van der Waals surface area contributed by atoms with Gasteiger partial charge in [0.2, 0.25) is 13.3 Å². The van der Waals surface area contributed by atoms with Gasteiger partial charge in [-0.05, 0) is 30.4 Å². The third-order valence-electron chi connectivity index (χ3n) is 6.31. The number of hydrogen-bond acceptors (Lipinski definition) is 6. The van der Waals surface area contributed by atoms with Gasteiger partial charge in [-0.2, -0.15) is 0 Å². The molecule has 200 valence electrons. The molecule has 1 aliphatic rings. The summed E-state index contributed by atoms with van der Waals surface area (Å²) in [5.41, 5.74) is 1.57. The number of hydrogen-bond donors (Lipinski definition) is 2. The molecule has 2 N–H and O–H groups in total. The molecule has 9 nitrogen and oxygen atoms in total. The van der Waals surface area contributed by atoms with Gasteiger partial charge in [-0.1, -0.05) is 80.4 Å². The zero-order valence-corrected chi connectivity index (χ0v) is 22.0. The van der Waals surface area contributed by atoms with Gasteiger partial charge in [-0.3, -0.25) is 9.36 Å². The number of alkyl carbamates (subject to hydrolysis) is 1. The summed E-state index contributed by atoms with van der Waals surface area (Å²) in [4.78, 5) is 38.8. The normalized spacial score (nSPS) is 17.5. The highest BCUT2D eigenvalue weighted by Gasteiger charge is 2.42. The van der Waals surface area contributed by atoms with Gasteiger partial charge in [0, 0.05) is 6.54 Å². The van der Waals surface area contributed by atoms with E-state index in [-0.39, 0.29) is 19.8 Å². The summed E-state index contributed by atoms with van der Waals surface area (Å²) in [6.45, 7) is 2.26. The Kier molecular flexibility index (Phi) is 10.7. The summed E-state index contributed by atoms with van der Waals surface area (Å²) < 4.78 is 25.7. The molecular weight excluding hydrogens is 495 g/mol. The number of carboxylic acids is 1. The van der Waals surface area contributed by atoms with E-state index >= 15 is 0 Å². The van der Waals surface area contributed by atoms with Gasteiger partial charge >= 0.3 is 12.1 Å². The van der Waals surface area contributed by atoms with E-state index in [0.29, 0.717) is 25.7 Å². The molecule has 3 rings (SSSR count). The smallest absolute Gasteiger partial charge is 0.408 e. The number of carbonyl (C=O) groups excluding carboxylic acids is 2. The first kappa shape index (κ1) is 28.4. The molecule has 10 heteroatoms. The van der Waals surface area contributed by atoms with Crippen LogP contribution in [0.3, 0.4) is 0 Å². The van der Waals surface area contributed by atoms with Crippen molar-refractivity contribution in [1.29, 1.82) is 0 Å². The SMILES string of the molecule is CCCCC(NC(=O)OCc1ccccc1)P(=O)(CC(=O)N1CCC[C@H]1C(=O)O)OCc1ccccc1. The van der Waals surface area contributed by atoms with Crippen LogP contribution in [0, 0.1) is 0 Å². The van der Waals surface area contributed by atoms with Gasteiger partial charge < -0.3 is 24.6 Å². The van der Waals surface area contributed by atoms with E-state index in [2.05, 4.69) is 5.32 Å². The largest absolute Gasteiger partial charge is 0.480 e. The van der Waals surface area contributed by atoms with Crippen LogP contribution in [0.25, 0.3) is 0 Å². The number of unbranched alkanes of at least 4 members (excludes halogenated alkanes) is 1. The van der Waals surface area contributed by atoms with Crippen molar-refractivity contribution in [3.05, 3.63) is 71.8 Å². The van der Waals surface area contributed by atoms with Crippen LogP contribution < -0.4 is 5.32 Å². The third kappa shape index (κ3) is 8.44. The van der Waals surface area contributed by atoms with Crippen molar-refractivity contribution >= 4 is 25.3 Å². The minimum Gasteiger partial charge on any atom is -0.480 e. The Bertz CT molecular complexity index is 1080. The molecule has 0 saturated carbocycles. The number of amides is 2. The van der Waals surface area contributed by atoms with Gasteiger partial charge in [0.05, 0.1) is 6.61 Å². The standard InChI is InChI=1S/C27H35N2O7P/c1-2-3-16-24(28-27(33)35-18-21-11-6-4-7-12-21)37(34,36-19-22-13-8-5-9-14-22)20-25(30)29-17-10-15-23(29)26(31)32/h4-9,11-14,23-24H,2-3,10,15-20H2,1H3,(H,28,33)(H,31,32)/t23-,24?,37?/m0/s1. The molecule has 0 bridgehead atoms. The number of rotatable bonds is 13. The predicted octanol–water partition coefficient (Wildman–Crippen LogP) is 5.00. The van der Waals surface area contributed by atoms with Crippen LogP contribution >= 0.6 is 7.37 Å². The lowest BCUT2D eigenvalue weighted by atomic mass is 10.2. The summed E-state index contributed by atoms with van der Waals surface area (Å²) >= 11 is 0. The van der Waals surface area contributed by atoms with Gasteiger partial charge in [-0.15, -0.1) is 0 Å². The van der Waals surface area contributed by atoms with Gasteiger partial charge in [-0.25, -0.2) is 9.59 Å². The molecule has 0 spiro atoms. The fraction of sp³-hybridized carbons (Fsp3) is 0.444. The van der Waals surface area contributed by atoms with Crippen LogP contribution in [-0.4, -0.2) is 52.5 Å². The number of aliphatic carboxylic acids is 1. The van der Waals surface area contributed by atoms with Crippen LogP contribution in [0.5, 0.6) is 0 Å². The molecule has 1 saturated heterocycles. The molecule has 0 radical (unpaired) electrons. The van der Waals surface area contributed by atoms with Crippen molar-refractivity contribution in [1.82, 2.24) is 10.2 Å². The Balaban J connectivity index is 1.79. The Morgan fingerprint density at radius 3 is 2.27 bits per heavy atom. The van der Waals surface area contributed by atoms with E-state index < -0.39 is 43.3 Å². The van der Waals surface area contributed by atoms with Gasteiger partial charge in [0.15, 0.2) is 0 Å². The fourth-order valence-electron chi connectivity index (χ4n) is 4.27. The second-order valence-corrected chi connectivity index (χ2v) is 11.7. The van der Waals surface area contributed by atoms with E-state index in [9.17, 15) is 24.1 Å². The van der Waals surface area contributed by atoms with E-state index in [0.717, 1.165) is 17.5 Å². The van der Waals surface area contributed by atoms with Crippen molar-refractivity contribution in [3.63, 3.8) is 0 Å². The summed E-state index contributed by atoms with van der Waals surface area (Å²) in [6, 6.07) is 17.3. The average Bonchev–Trinajstić information content (AvgIpc) is 3.41. The Hall–Kier alpha value is -3.16. The molecule has 3 atom stereocenters. The Morgan fingerprint density at radius 1 is 1.05 bits per heavy atom. The molecule has 0 aliphatic carbocycles. The lowest BCUT2D eigenvalue weighted by Gasteiger charge is -2.30. The number of carboxylic acid groups (broad SMARTS) is 1. The Labute approximate surface area is 217 Å². The van der Waals surface area contributed by atoms with Crippen molar-refractivity contribution < 1.29 is 33.3 Å². The maximum Gasteiger partial charge on any atom is 0.408 e. The molecule has 2 amide bonds. The second kappa shape index (κ2) is 14.0. The molecule has 1 heterocycles. The average molecular weight is 531 g/mol. The van der Waals surface area contributed by atoms with E-state index in [1.807, 2.05) is 67.6 Å². The maximum absolute atomic E-state index is 14.4. The van der Waals surface area contributed by atoms with Crippen LogP contribution in [0.1, 0.15) is 50.2 Å². The van der Waals surface area contributed by atoms with Crippen LogP contribution in [0.2, 0.25) is 0 Å². The topological polar surface area (TPSA) is 122 Å². The zero-order chi connectivity index (χ0) is 26.7. The number of nitrogens with zero attached hydrogens (tertiary/aromatic N) is 1. The molecule has 2 aromatic rings. The van der Waals surface area contributed by atoms with Crippen LogP contribution in [-0.2, 0) is 36.6 Å². The molecule has 1 aliphatic heterocycles. The summed E-state index contributed by atoms with van der Waals surface area (Å²) in [6.07, 6.45) is 1.37. The third-order valence-corrected chi connectivity index (χ3v) is 8.92. The Morgan fingerprint density at radius 2 is 1.68 bits per heavy atom. The summed E-state index contributed by atoms with van der Waals surface area (Å²) in [5, 5.41) is 12.2. The number of ether oxygens (including phenoxy) is 1. The molecule has 2 aromatic carbocycles. The molecule has 37 heavy (non-hydrogen) atoms. The number of nitrogens with one attached hydrogen (secondary N) is 1. The quantitative estimate of drug-likeness (QED) is 0.350. The zero-order valence-electron chi connectivity index (χ0n) is 21.1. The van der Waals surface area contributed by atoms with E-state index in [1.54, 1.807) is 0 Å². The van der Waals surface area contributed by atoms with E-state index in [1.165, 1.54) is 4.90 Å². The highest BCUT2D eigenvalue weighted by atomic mass is 31.2. The molecule has 1 fully saturated rings. The second-order valence-electron chi connectivity index (χ2n) is 9.09. The minimum absolute atomic E-state index is 0.0167. The monoisotopic (exact) mass is 530 g/mol. The van der Waals surface area contributed by atoms with Crippen molar-refractivity contribution in [2.45, 2.75) is 64.1 Å². The fourth-order valence-corrected chi connectivity index (χ4v) is 6.57. The van der Waals surface area contributed by atoms with Crippen molar-refractivity contribution in [2.24, 2.45) is 0 Å². The number of benzene rings is 2. The minimum atomic E-state index is -3.84. The van der Waals surface area contributed by atoms with Gasteiger partial charge in [0.1, 0.15) is 24.6 Å². The predicted molar refractivity (Wildman–Crippen MR) is 139 cm³/mol. The van der Waals surface area contributed by atoms with Crippen molar-refractivity contribution in [3.8, 4) is 0 Å². The first-order valence-electron chi connectivity index (χ1n) is 12.6. The first-order chi connectivity index (χ1) is 17.8. The molecular formula is C27H35N2O7P. The van der Waals surface area contributed by atoms with Crippen molar-refractivity contribution in [2.75, 3.05) is 12.7 Å². The highest BCUT2D eigenvalue weighted by Crippen LogP contribution is 2.53. The summed E-state index contributed by atoms with van der Waals surface area (Å²) in [5.74, 6) is -2.60. The number of likely N-dealkylation sites (tertiary alicyclic amines) is 1. The number of carbonyl (C=O) groups is 3. The highest BCUT2D eigenvalue weighted by molar-refractivity contribution is 7.60. The van der Waals surface area contributed by atoms with Crippen LogP contribution in [0.4, 0.5) is 4.79 Å². The van der Waals surface area contributed by atoms with Gasteiger partial charge in [0.25, 0.3) is 0 Å². The molecule has 2 unspecified atom stereocenters. The lowest BCUT2D eigenvalue weighted by Crippen LogP contribution is -2.43. The molecule has 0 aromatic heterocycles. The maximum atomic E-state index is 14.4. The van der Waals surface area contributed by atoms with E-state index in [4.69, 9.17) is 9.26 Å². The summed E-state index contributed by atoms with van der Waals surface area (Å²) in [7, 11) is -3.84.